The average molecular weight is 683 g/mol. The molecule has 1 saturated heterocycles. The van der Waals surface area contributed by atoms with Gasteiger partial charge >= 0.3 is 6.09 Å². The first-order valence-electron chi connectivity index (χ1n) is 16.6. The van der Waals surface area contributed by atoms with Crippen LogP contribution in [0.2, 0.25) is 51.4 Å². The molecule has 0 spiro atoms. The van der Waals surface area contributed by atoms with Gasteiger partial charge < -0.3 is 24.0 Å². The molecule has 4 heterocycles. The summed E-state index contributed by atoms with van der Waals surface area (Å²) in [5, 5.41) is 20.0. The summed E-state index contributed by atoms with van der Waals surface area (Å²) in [6.45, 7) is 22.3. The Hall–Kier alpha value is -3.26. The molecule has 4 rings (SSSR count). The molecule has 0 bridgehead atoms. The number of hydrogen-bond donors (Lipinski definition) is 0. The van der Waals surface area contributed by atoms with Gasteiger partial charge in [0.05, 0.1) is 18.1 Å². The Morgan fingerprint density at radius 3 is 2.21 bits per heavy atom. The summed E-state index contributed by atoms with van der Waals surface area (Å²) in [5.74, 6) is 0.409. The van der Waals surface area contributed by atoms with Crippen LogP contribution in [-0.2, 0) is 21.3 Å². The first-order chi connectivity index (χ1) is 22.0. The molecule has 14 heteroatoms. The summed E-state index contributed by atoms with van der Waals surface area (Å²) in [4.78, 5) is 22.0. The minimum Gasteiger partial charge on any atom is -0.444 e. The van der Waals surface area contributed by atoms with Crippen molar-refractivity contribution in [2.75, 3.05) is 44.7 Å². The zero-order chi connectivity index (χ0) is 34.6. The van der Waals surface area contributed by atoms with Crippen molar-refractivity contribution < 1.29 is 19.0 Å². The molecule has 1 aliphatic heterocycles. The van der Waals surface area contributed by atoms with Crippen LogP contribution < -0.4 is 4.90 Å². The Balaban J connectivity index is 1.81. The van der Waals surface area contributed by atoms with Gasteiger partial charge in [0.1, 0.15) is 30.7 Å². The highest BCUT2D eigenvalue weighted by Crippen LogP contribution is 2.36. The van der Waals surface area contributed by atoms with Crippen LogP contribution in [0.1, 0.15) is 50.8 Å². The van der Waals surface area contributed by atoms with Crippen molar-refractivity contribution in [1.29, 1.82) is 5.26 Å². The summed E-state index contributed by atoms with van der Waals surface area (Å²) < 4.78 is 21.8. The van der Waals surface area contributed by atoms with Crippen molar-refractivity contribution in [2.45, 2.75) is 96.5 Å². The largest absolute Gasteiger partial charge is 0.444 e. The van der Waals surface area contributed by atoms with Gasteiger partial charge in [0.2, 0.25) is 0 Å². The van der Waals surface area contributed by atoms with Gasteiger partial charge in [-0.05, 0) is 45.7 Å². The van der Waals surface area contributed by atoms with E-state index in [-0.39, 0.29) is 25.5 Å². The molecule has 1 unspecified atom stereocenters. The van der Waals surface area contributed by atoms with E-state index in [4.69, 9.17) is 24.3 Å². The number of piperidine rings is 1. The van der Waals surface area contributed by atoms with E-state index in [1.165, 1.54) is 0 Å². The van der Waals surface area contributed by atoms with Gasteiger partial charge in [-0.3, -0.25) is 4.68 Å². The minimum atomic E-state index is -1.32. The molecule has 0 radical (unpaired) electrons. The van der Waals surface area contributed by atoms with Gasteiger partial charge in [0, 0.05) is 72.7 Å². The fourth-order valence-electron chi connectivity index (χ4n) is 5.41. The highest BCUT2D eigenvalue weighted by atomic mass is 28.3. The van der Waals surface area contributed by atoms with Crippen LogP contribution in [0.25, 0.3) is 16.8 Å². The summed E-state index contributed by atoms with van der Waals surface area (Å²) >= 11 is 0. The summed E-state index contributed by atoms with van der Waals surface area (Å²) in [6, 6.07) is 4.53. The van der Waals surface area contributed by atoms with Gasteiger partial charge in [0.25, 0.3) is 0 Å². The third kappa shape index (κ3) is 10.1. The Morgan fingerprint density at radius 1 is 1.04 bits per heavy atom. The quantitative estimate of drug-likeness (QED) is 0.112. The van der Waals surface area contributed by atoms with Crippen molar-refractivity contribution in [3.8, 4) is 17.2 Å². The number of amides is 1. The number of aryl methyl sites for hydroxylation is 1. The molecule has 47 heavy (non-hydrogen) atoms. The number of hydrogen-bond acceptors (Lipinski definition) is 9. The Bertz CT molecular complexity index is 1540. The lowest BCUT2D eigenvalue weighted by Crippen LogP contribution is -2.42. The van der Waals surface area contributed by atoms with Crippen LogP contribution in [0.3, 0.4) is 0 Å². The van der Waals surface area contributed by atoms with Gasteiger partial charge in [-0.1, -0.05) is 39.3 Å². The number of likely N-dealkylation sites (tertiary alicyclic amines) is 1. The normalized spacial score (nSPS) is 16.0. The summed E-state index contributed by atoms with van der Waals surface area (Å²) in [7, 11) is -0.762. The molecule has 12 nitrogen and oxygen atoms in total. The smallest absolute Gasteiger partial charge is 0.410 e. The number of carbonyl (C=O) groups excluding carboxylic acids is 1. The lowest BCUT2D eigenvalue weighted by molar-refractivity contribution is 0.0197. The van der Waals surface area contributed by atoms with Gasteiger partial charge in [-0.25, -0.2) is 9.78 Å². The molecular formula is C33H54N8O4Si2. The number of aromatic nitrogens is 5. The molecule has 3 aromatic heterocycles. The molecule has 1 amide bonds. The monoisotopic (exact) mass is 682 g/mol. The number of anilines is 1. The zero-order valence-electron chi connectivity index (χ0n) is 30.1. The van der Waals surface area contributed by atoms with E-state index in [0.717, 1.165) is 36.1 Å². The summed E-state index contributed by atoms with van der Waals surface area (Å²) in [5.41, 5.74) is 2.75. The van der Waals surface area contributed by atoms with E-state index in [9.17, 15) is 10.1 Å². The highest BCUT2D eigenvalue weighted by molar-refractivity contribution is 6.76. The molecule has 258 valence electrons. The van der Waals surface area contributed by atoms with E-state index in [0.29, 0.717) is 49.0 Å². The van der Waals surface area contributed by atoms with Crippen molar-refractivity contribution >= 4 is 33.7 Å². The fraction of sp³-hybridized carbons (Fsp3) is 0.667. The van der Waals surface area contributed by atoms with Crippen LogP contribution in [0.4, 0.5) is 10.6 Å². The number of nitrogens with zero attached hydrogens (tertiary/aromatic N) is 8. The predicted octanol–water partition coefficient (Wildman–Crippen LogP) is 6.55. The van der Waals surface area contributed by atoms with Gasteiger partial charge in [-0.2, -0.15) is 20.0 Å². The minimum absolute atomic E-state index is 0.172. The second-order valence-electron chi connectivity index (χ2n) is 16.0. The zero-order valence-corrected chi connectivity index (χ0v) is 32.1. The number of ether oxygens (including phenoxy) is 3. The van der Waals surface area contributed by atoms with Crippen molar-refractivity contribution in [3.63, 3.8) is 0 Å². The third-order valence-electron chi connectivity index (χ3n) is 8.02. The maximum absolute atomic E-state index is 13.1. The number of nitriles is 1. The molecular weight excluding hydrogens is 629 g/mol. The lowest BCUT2D eigenvalue weighted by atomic mass is 9.92. The first-order valence-corrected chi connectivity index (χ1v) is 24.1. The Morgan fingerprint density at radius 2 is 1.68 bits per heavy atom. The average Bonchev–Trinajstić information content (AvgIpc) is 3.59. The van der Waals surface area contributed by atoms with E-state index in [2.05, 4.69) is 50.4 Å². The van der Waals surface area contributed by atoms with E-state index >= 15 is 0 Å². The van der Waals surface area contributed by atoms with Crippen molar-refractivity contribution in [2.24, 2.45) is 7.05 Å². The van der Waals surface area contributed by atoms with E-state index in [1.807, 2.05) is 38.9 Å². The Kier molecular flexibility index (Phi) is 11.6. The highest BCUT2D eigenvalue weighted by Gasteiger charge is 2.33. The third-order valence-corrected chi connectivity index (χ3v) is 11.4. The van der Waals surface area contributed by atoms with Crippen molar-refractivity contribution in [3.05, 3.63) is 29.8 Å². The standard InChI is InChI=1S/C33H54N8O4Si2/c1-33(2,3)45-32(42)39-13-11-12-25(22-39)29-27(18-34)31(41-30(37-29)28(20-36-41)26-19-35-38(4)21-26)40(23-43-14-16-46(5,6)7)24-44-15-17-47(8,9)10/h19-21,25H,11-17,22-24H2,1-10H3. The number of carbonyl (C=O) groups is 1. The number of fused-ring (bicyclic) bond motifs is 1. The van der Waals surface area contributed by atoms with Crippen LogP contribution in [0.15, 0.2) is 18.6 Å². The molecule has 1 aliphatic rings. The molecule has 0 aromatic carbocycles. The lowest BCUT2D eigenvalue weighted by Gasteiger charge is -2.35. The van der Waals surface area contributed by atoms with Gasteiger partial charge in [0.15, 0.2) is 11.5 Å². The maximum Gasteiger partial charge on any atom is 0.410 e. The second-order valence-corrected chi connectivity index (χ2v) is 27.2. The molecule has 1 fully saturated rings. The second kappa shape index (κ2) is 14.9. The van der Waals surface area contributed by atoms with E-state index < -0.39 is 21.7 Å². The van der Waals surface area contributed by atoms with Crippen LogP contribution >= 0.6 is 0 Å². The van der Waals surface area contributed by atoms with E-state index in [1.54, 1.807) is 26.5 Å². The SMILES string of the molecule is Cn1cc(-c2cnn3c(N(COCC[Si](C)(C)C)COCC[Si](C)(C)C)c(C#N)c(C4CCCN(C(=O)OC(C)(C)C)C4)nc23)cn1. The maximum atomic E-state index is 13.1. The fourth-order valence-corrected chi connectivity index (χ4v) is 6.93. The van der Waals surface area contributed by atoms with Gasteiger partial charge in [-0.15, -0.1) is 0 Å². The molecule has 3 aromatic rings. The van der Waals surface area contributed by atoms with Crippen LogP contribution in [0, 0.1) is 11.3 Å². The number of rotatable bonds is 13. The Labute approximate surface area is 282 Å². The van der Waals surface area contributed by atoms with Crippen LogP contribution in [-0.4, -0.2) is 96.9 Å². The summed E-state index contributed by atoms with van der Waals surface area (Å²) in [6.07, 6.45) is 6.70. The topological polar surface area (TPSA) is 123 Å². The molecule has 0 N–H and O–H groups in total. The van der Waals surface area contributed by atoms with Crippen LogP contribution in [0.5, 0.6) is 0 Å². The molecule has 0 aliphatic carbocycles. The predicted molar refractivity (Wildman–Crippen MR) is 190 cm³/mol. The molecule has 0 saturated carbocycles. The first kappa shape index (κ1) is 36.6. The molecule has 1 atom stereocenters. The van der Waals surface area contributed by atoms with Crippen molar-refractivity contribution in [1.82, 2.24) is 29.3 Å².